The highest BCUT2D eigenvalue weighted by Gasteiger charge is 2.22. The Kier molecular flexibility index (Phi) is 7.20. The van der Waals surface area contributed by atoms with Crippen LogP contribution < -0.4 is 10.4 Å². The minimum Gasteiger partial charge on any atom is -0.352 e. The number of benzene rings is 2. The van der Waals surface area contributed by atoms with Crippen molar-refractivity contribution < 1.29 is 14.0 Å². The van der Waals surface area contributed by atoms with E-state index in [-0.39, 0.29) is 11.7 Å². The topological polar surface area (TPSA) is 41.6 Å². The van der Waals surface area contributed by atoms with E-state index in [0.29, 0.717) is 31.7 Å². The van der Waals surface area contributed by atoms with Crippen LogP contribution in [0.25, 0.3) is 6.08 Å². The standard InChI is InChI=1S/C23H27FN2O2/c1-2-3-6-14-28-26-17-20(16-19-9-4-5-11-22(19)26)23(27)25-13-12-18-8-7-10-21(24)15-18/h4-5,7-11,15-16H,2-3,6,12-14,17H2,1H3,(H,25,27). The number of para-hydroxylation sites is 1. The van der Waals surface area contributed by atoms with Gasteiger partial charge in [0.05, 0.1) is 18.8 Å². The molecular formula is C23H27FN2O2. The van der Waals surface area contributed by atoms with Crippen LogP contribution in [0.1, 0.15) is 37.3 Å². The van der Waals surface area contributed by atoms with Gasteiger partial charge in [-0.2, -0.15) is 0 Å². The number of carbonyl (C=O) groups excluding carboxylic acids is 1. The number of hydroxylamine groups is 1. The van der Waals surface area contributed by atoms with Gasteiger partial charge in [-0.3, -0.25) is 9.63 Å². The molecule has 0 unspecified atom stereocenters. The van der Waals surface area contributed by atoms with Crippen molar-refractivity contribution in [3.05, 3.63) is 71.0 Å². The van der Waals surface area contributed by atoms with Gasteiger partial charge in [0.1, 0.15) is 5.82 Å². The highest BCUT2D eigenvalue weighted by molar-refractivity contribution is 6.00. The number of hydrogen-bond acceptors (Lipinski definition) is 3. The van der Waals surface area contributed by atoms with Crippen molar-refractivity contribution in [3.63, 3.8) is 0 Å². The quantitative estimate of drug-likeness (QED) is 0.649. The molecule has 1 heterocycles. The number of nitrogens with zero attached hydrogens (tertiary/aromatic N) is 1. The first-order valence-electron chi connectivity index (χ1n) is 9.90. The van der Waals surface area contributed by atoms with Gasteiger partial charge in [-0.05, 0) is 42.7 Å². The maximum atomic E-state index is 13.3. The lowest BCUT2D eigenvalue weighted by Crippen LogP contribution is -2.36. The van der Waals surface area contributed by atoms with Gasteiger partial charge in [0.15, 0.2) is 0 Å². The zero-order valence-corrected chi connectivity index (χ0v) is 16.3. The average Bonchev–Trinajstić information content (AvgIpc) is 2.71. The summed E-state index contributed by atoms with van der Waals surface area (Å²) in [5.41, 5.74) is 3.48. The van der Waals surface area contributed by atoms with E-state index in [1.807, 2.05) is 41.5 Å². The smallest absolute Gasteiger partial charge is 0.249 e. The van der Waals surface area contributed by atoms with E-state index in [1.165, 1.54) is 12.1 Å². The third-order valence-electron chi connectivity index (χ3n) is 4.72. The van der Waals surface area contributed by atoms with Crippen LogP contribution in [-0.2, 0) is 16.1 Å². The first kappa shape index (κ1) is 20.1. The van der Waals surface area contributed by atoms with Crippen LogP contribution in [0, 0.1) is 5.82 Å². The van der Waals surface area contributed by atoms with Crippen LogP contribution in [0.3, 0.4) is 0 Å². The van der Waals surface area contributed by atoms with Crippen LogP contribution in [0.4, 0.5) is 10.1 Å². The Morgan fingerprint density at radius 1 is 1.18 bits per heavy atom. The van der Waals surface area contributed by atoms with Crippen molar-refractivity contribution in [2.24, 2.45) is 0 Å². The Balaban J connectivity index is 1.60. The Morgan fingerprint density at radius 2 is 2.04 bits per heavy atom. The number of hydrogen-bond donors (Lipinski definition) is 1. The van der Waals surface area contributed by atoms with Crippen LogP contribution in [0.2, 0.25) is 0 Å². The molecule has 5 heteroatoms. The molecule has 1 aliphatic heterocycles. The second-order valence-electron chi connectivity index (χ2n) is 6.94. The molecule has 0 aliphatic carbocycles. The van der Waals surface area contributed by atoms with Crippen LogP contribution >= 0.6 is 0 Å². The summed E-state index contributed by atoms with van der Waals surface area (Å²) in [5.74, 6) is -0.376. The van der Waals surface area contributed by atoms with Crippen LogP contribution in [-0.4, -0.2) is 25.6 Å². The summed E-state index contributed by atoms with van der Waals surface area (Å²) < 4.78 is 13.3. The summed E-state index contributed by atoms with van der Waals surface area (Å²) in [6, 6.07) is 14.4. The number of nitrogens with one attached hydrogen (secondary N) is 1. The number of amides is 1. The monoisotopic (exact) mass is 382 g/mol. The molecule has 4 nitrogen and oxygen atoms in total. The van der Waals surface area contributed by atoms with E-state index in [1.54, 1.807) is 6.07 Å². The zero-order chi connectivity index (χ0) is 19.8. The summed E-state index contributed by atoms with van der Waals surface area (Å²) >= 11 is 0. The van der Waals surface area contributed by atoms with Gasteiger partial charge >= 0.3 is 0 Å². The van der Waals surface area contributed by atoms with Crippen molar-refractivity contribution in [3.8, 4) is 0 Å². The third-order valence-corrected chi connectivity index (χ3v) is 4.72. The Hall–Kier alpha value is -2.66. The van der Waals surface area contributed by atoms with Gasteiger partial charge in [-0.15, -0.1) is 0 Å². The number of halogens is 1. The molecule has 148 valence electrons. The minimum absolute atomic E-state index is 0.118. The lowest BCUT2D eigenvalue weighted by atomic mass is 10.0. The molecule has 2 aromatic carbocycles. The number of fused-ring (bicyclic) bond motifs is 1. The van der Waals surface area contributed by atoms with E-state index in [2.05, 4.69) is 12.2 Å². The lowest BCUT2D eigenvalue weighted by molar-refractivity contribution is -0.117. The molecule has 1 aliphatic rings. The molecule has 3 rings (SSSR count). The number of carbonyl (C=O) groups is 1. The molecule has 0 radical (unpaired) electrons. The van der Waals surface area contributed by atoms with Gasteiger partial charge in [-0.25, -0.2) is 9.45 Å². The fourth-order valence-electron chi connectivity index (χ4n) is 3.22. The molecule has 0 bridgehead atoms. The summed E-state index contributed by atoms with van der Waals surface area (Å²) in [4.78, 5) is 18.6. The van der Waals surface area contributed by atoms with Crippen molar-refractivity contribution in [2.75, 3.05) is 24.8 Å². The minimum atomic E-state index is -0.258. The fraction of sp³-hybridized carbons (Fsp3) is 0.348. The summed E-state index contributed by atoms with van der Waals surface area (Å²) in [7, 11) is 0. The third kappa shape index (κ3) is 5.42. The lowest BCUT2D eigenvalue weighted by Gasteiger charge is -2.30. The van der Waals surface area contributed by atoms with E-state index >= 15 is 0 Å². The summed E-state index contributed by atoms with van der Waals surface area (Å²) in [6.07, 6.45) is 5.76. The van der Waals surface area contributed by atoms with Gasteiger partial charge in [0.25, 0.3) is 0 Å². The molecule has 0 fully saturated rings. The van der Waals surface area contributed by atoms with Crippen LogP contribution in [0.5, 0.6) is 0 Å². The SMILES string of the molecule is CCCCCON1CC(C(=O)NCCc2cccc(F)c2)=Cc2ccccc21. The number of unbranched alkanes of at least 4 members (excludes halogenated alkanes) is 2. The number of anilines is 1. The highest BCUT2D eigenvalue weighted by atomic mass is 19.1. The van der Waals surface area contributed by atoms with Gasteiger partial charge in [-0.1, -0.05) is 50.1 Å². The van der Waals surface area contributed by atoms with Crippen LogP contribution in [0.15, 0.2) is 54.1 Å². The van der Waals surface area contributed by atoms with Gasteiger partial charge < -0.3 is 5.32 Å². The molecule has 1 amide bonds. The second-order valence-corrected chi connectivity index (χ2v) is 6.94. The van der Waals surface area contributed by atoms with Crippen molar-refractivity contribution in [1.82, 2.24) is 5.32 Å². The molecule has 28 heavy (non-hydrogen) atoms. The van der Waals surface area contributed by atoms with E-state index < -0.39 is 0 Å². The average molecular weight is 382 g/mol. The predicted molar refractivity (Wildman–Crippen MR) is 110 cm³/mol. The normalized spacial score (nSPS) is 13.1. The van der Waals surface area contributed by atoms with E-state index in [4.69, 9.17) is 4.84 Å². The largest absolute Gasteiger partial charge is 0.352 e. The number of rotatable bonds is 9. The molecule has 1 N–H and O–H groups in total. The molecule has 0 spiro atoms. The Morgan fingerprint density at radius 3 is 2.86 bits per heavy atom. The predicted octanol–water partition coefficient (Wildman–Crippen LogP) is 4.51. The Bertz CT molecular complexity index is 835. The van der Waals surface area contributed by atoms with Crippen molar-refractivity contribution >= 4 is 17.7 Å². The molecule has 0 saturated carbocycles. The first-order chi connectivity index (χ1) is 13.7. The van der Waals surface area contributed by atoms with E-state index in [0.717, 1.165) is 36.1 Å². The highest BCUT2D eigenvalue weighted by Crippen LogP contribution is 2.29. The maximum Gasteiger partial charge on any atom is 0.249 e. The summed E-state index contributed by atoms with van der Waals surface area (Å²) in [5, 5.41) is 4.75. The second kappa shape index (κ2) is 10.0. The summed E-state index contributed by atoms with van der Waals surface area (Å²) in [6.45, 7) is 3.66. The molecule has 0 atom stereocenters. The molecule has 0 saturated heterocycles. The fourth-order valence-corrected chi connectivity index (χ4v) is 3.22. The molecule has 0 aromatic heterocycles. The van der Waals surface area contributed by atoms with Gasteiger partial charge in [0, 0.05) is 17.7 Å². The zero-order valence-electron chi connectivity index (χ0n) is 16.3. The molecule has 2 aromatic rings. The van der Waals surface area contributed by atoms with E-state index in [9.17, 15) is 9.18 Å². The maximum absolute atomic E-state index is 13.3. The van der Waals surface area contributed by atoms with Crippen molar-refractivity contribution in [2.45, 2.75) is 32.6 Å². The van der Waals surface area contributed by atoms with Gasteiger partial charge in [0.2, 0.25) is 5.91 Å². The molecular weight excluding hydrogens is 355 g/mol. The first-order valence-corrected chi connectivity index (χ1v) is 9.90. The Labute approximate surface area is 166 Å². The van der Waals surface area contributed by atoms with Crippen molar-refractivity contribution in [1.29, 1.82) is 0 Å².